The molecule has 0 heterocycles. The molecule has 98 valence electrons. The van der Waals surface area contributed by atoms with Crippen LogP contribution in [0.4, 0.5) is 10.5 Å². The summed E-state index contributed by atoms with van der Waals surface area (Å²) in [5, 5.41) is 11.4. The van der Waals surface area contributed by atoms with Crippen LogP contribution in [0.1, 0.15) is 20.3 Å². The van der Waals surface area contributed by atoms with Gasteiger partial charge >= 0.3 is 12.0 Å². The van der Waals surface area contributed by atoms with Crippen LogP contribution < -0.4 is 10.2 Å². The van der Waals surface area contributed by atoms with E-state index in [4.69, 9.17) is 5.11 Å². The van der Waals surface area contributed by atoms with Gasteiger partial charge in [0.1, 0.15) is 6.04 Å². The molecule has 0 aliphatic carbocycles. The van der Waals surface area contributed by atoms with Crippen LogP contribution in [0.2, 0.25) is 0 Å². The highest BCUT2D eigenvalue weighted by Gasteiger charge is 2.21. The summed E-state index contributed by atoms with van der Waals surface area (Å²) in [4.78, 5) is 24.4. The lowest BCUT2D eigenvalue weighted by Crippen LogP contribution is -2.47. The number of anilines is 1. The summed E-state index contributed by atoms with van der Waals surface area (Å²) < 4.78 is 0. The maximum Gasteiger partial charge on any atom is 0.326 e. The van der Waals surface area contributed by atoms with Gasteiger partial charge in [-0.05, 0) is 25.5 Å². The van der Waals surface area contributed by atoms with E-state index < -0.39 is 18.0 Å². The van der Waals surface area contributed by atoms with Crippen LogP contribution in [-0.2, 0) is 4.79 Å². The van der Waals surface area contributed by atoms with Crippen molar-refractivity contribution in [3.8, 4) is 0 Å². The Kier molecular flexibility index (Phi) is 5.17. The number of carboxylic acids is 1. The van der Waals surface area contributed by atoms with Crippen LogP contribution >= 0.6 is 0 Å². The zero-order valence-corrected chi connectivity index (χ0v) is 10.6. The summed E-state index contributed by atoms with van der Waals surface area (Å²) in [6.07, 6.45) is 0.355. The molecule has 5 heteroatoms. The molecule has 2 amide bonds. The van der Waals surface area contributed by atoms with E-state index in [-0.39, 0.29) is 0 Å². The highest BCUT2D eigenvalue weighted by atomic mass is 16.4. The number of carboxylic acid groups (broad SMARTS) is 1. The van der Waals surface area contributed by atoms with Crippen LogP contribution in [-0.4, -0.2) is 29.7 Å². The molecule has 1 aromatic rings. The van der Waals surface area contributed by atoms with Gasteiger partial charge < -0.3 is 10.4 Å². The number of amides is 2. The van der Waals surface area contributed by atoms with Crippen molar-refractivity contribution in [2.75, 3.05) is 11.4 Å². The number of para-hydroxylation sites is 1. The van der Waals surface area contributed by atoms with Gasteiger partial charge in [-0.25, -0.2) is 9.59 Å². The highest BCUT2D eigenvalue weighted by Crippen LogP contribution is 2.13. The predicted octanol–water partition coefficient (Wildman–Crippen LogP) is 2.09. The second-order valence-electron chi connectivity index (χ2n) is 3.83. The minimum atomic E-state index is -1.02. The molecule has 2 N–H and O–H groups in total. The quantitative estimate of drug-likeness (QED) is 0.840. The molecule has 0 saturated carbocycles. The van der Waals surface area contributed by atoms with Gasteiger partial charge in [0.05, 0.1) is 0 Å². The molecule has 18 heavy (non-hydrogen) atoms. The van der Waals surface area contributed by atoms with Crippen LogP contribution in [0.15, 0.2) is 30.3 Å². The van der Waals surface area contributed by atoms with Crippen molar-refractivity contribution in [2.45, 2.75) is 26.3 Å². The molecule has 0 bridgehead atoms. The Morgan fingerprint density at radius 2 is 1.89 bits per heavy atom. The van der Waals surface area contributed by atoms with Crippen molar-refractivity contribution >= 4 is 17.7 Å². The average molecular weight is 250 g/mol. The normalized spacial score (nSPS) is 11.7. The Labute approximate surface area is 106 Å². The van der Waals surface area contributed by atoms with E-state index in [9.17, 15) is 9.59 Å². The van der Waals surface area contributed by atoms with Gasteiger partial charge in [0, 0.05) is 12.2 Å². The lowest BCUT2D eigenvalue weighted by Gasteiger charge is -2.23. The van der Waals surface area contributed by atoms with E-state index in [1.807, 2.05) is 37.3 Å². The molecule has 0 fully saturated rings. The minimum absolute atomic E-state index is 0.355. The van der Waals surface area contributed by atoms with Crippen LogP contribution in [0.5, 0.6) is 0 Å². The summed E-state index contributed by atoms with van der Waals surface area (Å²) in [6, 6.07) is 7.91. The van der Waals surface area contributed by atoms with Crippen molar-refractivity contribution in [3.05, 3.63) is 30.3 Å². The molecule has 0 aromatic heterocycles. The lowest BCUT2D eigenvalue weighted by molar-refractivity contribution is -0.139. The molecule has 1 atom stereocenters. The zero-order valence-electron chi connectivity index (χ0n) is 10.6. The van der Waals surface area contributed by atoms with Gasteiger partial charge in [-0.3, -0.25) is 4.90 Å². The summed E-state index contributed by atoms with van der Waals surface area (Å²) in [5.41, 5.74) is 0.748. The van der Waals surface area contributed by atoms with Gasteiger partial charge in [0.25, 0.3) is 0 Å². The topological polar surface area (TPSA) is 69.6 Å². The van der Waals surface area contributed by atoms with Crippen molar-refractivity contribution in [1.29, 1.82) is 0 Å². The average Bonchev–Trinajstić information content (AvgIpc) is 2.37. The maximum atomic E-state index is 12.0. The number of carbonyl (C=O) groups excluding carboxylic acids is 1. The molecule has 1 rings (SSSR count). The number of hydrogen-bond donors (Lipinski definition) is 2. The Morgan fingerprint density at radius 3 is 2.33 bits per heavy atom. The number of hydrogen-bond acceptors (Lipinski definition) is 2. The van der Waals surface area contributed by atoms with Gasteiger partial charge in [-0.15, -0.1) is 0 Å². The molecule has 0 aliphatic heterocycles. The standard InChI is InChI=1S/C13H18N2O3/c1-3-11(12(16)17)14-13(18)15(4-2)10-8-6-5-7-9-10/h5-9,11H,3-4H2,1-2H3,(H,14,18)(H,16,17)/t11-/m0/s1. The lowest BCUT2D eigenvalue weighted by atomic mass is 10.2. The molecule has 0 unspecified atom stereocenters. The van der Waals surface area contributed by atoms with Gasteiger partial charge in [0.15, 0.2) is 0 Å². The number of rotatable bonds is 5. The first-order valence-corrected chi connectivity index (χ1v) is 5.96. The number of carbonyl (C=O) groups is 2. The van der Waals surface area contributed by atoms with E-state index in [1.54, 1.807) is 6.92 Å². The first-order valence-electron chi connectivity index (χ1n) is 5.96. The molecule has 0 spiro atoms. The smallest absolute Gasteiger partial charge is 0.326 e. The van der Waals surface area contributed by atoms with E-state index in [0.29, 0.717) is 13.0 Å². The molecule has 0 radical (unpaired) electrons. The third-order valence-electron chi connectivity index (χ3n) is 2.63. The Hall–Kier alpha value is -2.04. The Bertz CT molecular complexity index is 406. The summed E-state index contributed by atoms with van der Waals surface area (Å²) in [7, 11) is 0. The first-order chi connectivity index (χ1) is 8.60. The molecular formula is C13H18N2O3. The van der Waals surface area contributed by atoms with Crippen LogP contribution in [0.25, 0.3) is 0 Å². The number of aliphatic carboxylic acids is 1. The molecule has 5 nitrogen and oxygen atoms in total. The van der Waals surface area contributed by atoms with Gasteiger partial charge in [-0.2, -0.15) is 0 Å². The second-order valence-corrected chi connectivity index (χ2v) is 3.83. The number of benzene rings is 1. The first kappa shape index (κ1) is 14.0. The highest BCUT2D eigenvalue weighted by molar-refractivity contribution is 5.94. The van der Waals surface area contributed by atoms with Crippen LogP contribution in [0.3, 0.4) is 0 Å². The third-order valence-corrected chi connectivity index (χ3v) is 2.63. The minimum Gasteiger partial charge on any atom is -0.480 e. The Morgan fingerprint density at radius 1 is 1.28 bits per heavy atom. The molecule has 0 aliphatic rings. The van der Waals surface area contributed by atoms with Crippen molar-refractivity contribution in [2.24, 2.45) is 0 Å². The third kappa shape index (κ3) is 3.48. The number of nitrogens with one attached hydrogen (secondary N) is 1. The van der Waals surface area contributed by atoms with E-state index >= 15 is 0 Å². The summed E-state index contributed by atoms with van der Waals surface area (Å²) in [6.45, 7) is 4.04. The fraction of sp³-hybridized carbons (Fsp3) is 0.385. The molecule has 1 aromatic carbocycles. The number of nitrogens with zero attached hydrogens (tertiary/aromatic N) is 1. The Balaban J connectivity index is 2.78. The van der Waals surface area contributed by atoms with Crippen molar-refractivity contribution in [1.82, 2.24) is 5.32 Å². The molecule has 0 saturated heterocycles. The van der Waals surface area contributed by atoms with E-state index in [2.05, 4.69) is 5.32 Å². The van der Waals surface area contributed by atoms with Crippen molar-refractivity contribution < 1.29 is 14.7 Å². The van der Waals surface area contributed by atoms with Gasteiger partial charge in [0.2, 0.25) is 0 Å². The fourth-order valence-corrected chi connectivity index (χ4v) is 1.62. The number of urea groups is 1. The van der Waals surface area contributed by atoms with Crippen LogP contribution in [0, 0.1) is 0 Å². The molecular weight excluding hydrogens is 232 g/mol. The largest absolute Gasteiger partial charge is 0.480 e. The fourth-order valence-electron chi connectivity index (χ4n) is 1.62. The van der Waals surface area contributed by atoms with E-state index in [1.165, 1.54) is 4.90 Å². The maximum absolute atomic E-state index is 12.0. The summed E-state index contributed by atoms with van der Waals surface area (Å²) >= 11 is 0. The summed E-state index contributed by atoms with van der Waals surface area (Å²) in [5.74, 6) is -1.02. The van der Waals surface area contributed by atoms with E-state index in [0.717, 1.165) is 5.69 Å². The van der Waals surface area contributed by atoms with Gasteiger partial charge in [-0.1, -0.05) is 25.1 Å². The zero-order chi connectivity index (χ0) is 13.5. The van der Waals surface area contributed by atoms with Crippen molar-refractivity contribution in [3.63, 3.8) is 0 Å². The second kappa shape index (κ2) is 6.64. The SMILES string of the molecule is CC[C@H](NC(=O)N(CC)c1ccccc1)C(=O)O. The monoisotopic (exact) mass is 250 g/mol. The predicted molar refractivity (Wildman–Crippen MR) is 69.7 cm³/mol.